The zero-order valence-electron chi connectivity index (χ0n) is 9.01. The van der Waals surface area contributed by atoms with Gasteiger partial charge in [-0.15, -0.1) is 11.3 Å². The number of rotatable bonds is 5. The normalized spacial score (nSPS) is 11.3. The summed E-state index contributed by atoms with van der Waals surface area (Å²) in [4.78, 5) is 1.36. The fraction of sp³-hybridized carbons (Fsp3) is 0.545. The van der Waals surface area contributed by atoms with Crippen molar-refractivity contribution in [3.05, 3.63) is 20.8 Å². The monoisotopic (exact) mass is 286 g/mol. The van der Waals surface area contributed by atoms with Crippen molar-refractivity contribution in [1.29, 1.82) is 5.26 Å². The molecule has 0 spiro atoms. The summed E-state index contributed by atoms with van der Waals surface area (Å²) in [6.07, 6.45) is 0.574. The second kappa shape index (κ2) is 5.64. The molecular formula is C11H15BrN2S. The minimum Gasteiger partial charge on any atom is -0.315 e. The van der Waals surface area contributed by atoms with E-state index in [1.807, 2.05) is 0 Å². The minimum atomic E-state index is 0.131. The molecule has 1 heterocycles. The van der Waals surface area contributed by atoms with E-state index in [2.05, 4.69) is 53.3 Å². The lowest BCUT2D eigenvalue weighted by Gasteiger charge is -2.23. The topological polar surface area (TPSA) is 35.8 Å². The van der Waals surface area contributed by atoms with E-state index in [1.54, 1.807) is 11.3 Å². The average molecular weight is 287 g/mol. The highest BCUT2D eigenvalue weighted by atomic mass is 79.9. The van der Waals surface area contributed by atoms with Gasteiger partial charge in [-0.25, -0.2) is 0 Å². The van der Waals surface area contributed by atoms with Crippen molar-refractivity contribution in [3.8, 4) is 6.07 Å². The van der Waals surface area contributed by atoms with E-state index >= 15 is 0 Å². The van der Waals surface area contributed by atoms with Crippen LogP contribution in [0.15, 0.2) is 15.9 Å². The van der Waals surface area contributed by atoms with Crippen LogP contribution in [0, 0.1) is 11.3 Å². The largest absolute Gasteiger partial charge is 0.315 e. The molecule has 0 aliphatic heterocycles. The summed E-state index contributed by atoms with van der Waals surface area (Å²) in [6, 6.07) is 6.36. The van der Waals surface area contributed by atoms with Crippen LogP contribution in [0.1, 0.15) is 25.1 Å². The van der Waals surface area contributed by atoms with Gasteiger partial charge in [-0.05, 0) is 28.1 Å². The quantitative estimate of drug-likeness (QED) is 0.843. The molecule has 0 bridgehead atoms. The molecule has 0 amide bonds. The van der Waals surface area contributed by atoms with Gasteiger partial charge in [0.15, 0.2) is 0 Å². The highest BCUT2D eigenvalue weighted by molar-refractivity contribution is 9.11. The summed E-state index contributed by atoms with van der Waals surface area (Å²) >= 11 is 5.24. The molecule has 1 rings (SSSR count). The maximum absolute atomic E-state index is 8.42. The molecule has 0 saturated carbocycles. The van der Waals surface area contributed by atoms with Crippen LogP contribution >= 0.6 is 27.3 Å². The third kappa shape index (κ3) is 3.94. The van der Waals surface area contributed by atoms with E-state index in [1.165, 1.54) is 8.66 Å². The molecule has 1 aromatic heterocycles. The second-order valence-corrected chi connectivity index (χ2v) is 6.54. The van der Waals surface area contributed by atoms with E-state index < -0.39 is 0 Å². The number of halogens is 1. The number of nitriles is 1. The number of nitrogens with one attached hydrogen (secondary N) is 1. The van der Waals surface area contributed by atoms with Gasteiger partial charge < -0.3 is 5.32 Å². The van der Waals surface area contributed by atoms with Crippen molar-refractivity contribution in [1.82, 2.24) is 5.32 Å². The zero-order chi connectivity index (χ0) is 11.3. The van der Waals surface area contributed by atoms with Crippen molar-refractivity contribution < 1.29 is 0 Å². The summed E-state index contributed by atoms with van der Waals surface area (Å²) in [7, 11) is 0. The summed E-state index contributed by atoms with van der Waals surface area (Å²) in [5.41, 5.74) is 0.131. The van der Waals surface area contributed by atoms with Gasteiger partial charge in [0.05, 0.1) is 9.86 Å². The Morgan fingerprint density at radius 2 is 2.27 bits per heavy atom. The van der Waals surface area contributed by atoms with Crippen molar-refractivity contribution >= 4 is 27.3 Å². The molecule has 4 heteroatoms. The molecule has 1 aromatic rings. The first-order valence-electron chi connectivity index (χ1n) is 4.90. The van der Waals surface area contributed by atoms with E-state index in [-0.39, 0.29) is 5.41 Å². The first-order valence-corrected chi connectivity index (χ1v) is 6.51. The number of hydrogen-bond acceptors (Lipinski definition) is 3. The highest BCUT2D eigenvalue weighted by Gasteiger charge is 2.21. The van der Waals surface area contributed by atoms with Crippen LogP contribution in [-0.2, 0) is 5.41 Å². The third-order valence-corrected chi connectivity index (χ3v) is 4.21. The van der Waals surface area contributed by atoms with Gasteiger partial charge in [-0.2, -0.15) is 5.26 Å². The lowest BCUT2D eigenvalue weighted by Crippen LogP contribution is -2.32. The first-order chi connectivity index (χ1) is 7.06. The summed E-state index contributed by atoms with van der Waals surface area (Å²) in [6.45, 7) is 6.10. The van der Waals surface area contributed by atoms with Crippen LogP contribution in [0.2, 0.25) is 0 Å². The van der Waals surface area contributed by atoms with E-state index in [9.17, 15) is 0 Å². The van der Waals surface area contributed by atoms with Gasteiger partial charge in [-0.1, -0.05) is 13.8 Å². The van der Waals surface area contributed by atoms with Gasteiger partial charge >= 0.3 is 0 Å². The molecule has 0 aliphatic carbocycles. The smallest absolute Gasteiger partial charge is 0.0701 e. The molecule has 0 aromatic carbocycles. The fourth-order valence-corrected chi connectivity index (χ4v) is 2.80. The van der Waals surface area contributed by atoms with E-state index in [0.717, 1.165) is 13.1 Å². The average Bonchev–Trinajstić information content (AvgIpc) is 2.60. The predicted molar refractivity (Wildman–Crippen MR) is 68.1 cm³/mol. The Labute approximate surface area is 103 Å². The van der Waals surface area contributed by atoms with Crippen LogP contribution in [0.25, 0.3) is 0 Å². The minimum absolute atomic E-state index is 0.131. The van der Waals surface area contributed by atoms with Crippen molar-refractivity contribution in [3.63, 3.8) is 0 Å². The summed E-state index contributed by atoms with van der Waals surface area (Å²) in [5, 5.41) is 11.7. The maximum atomic E-state index is 8.42. The second-order valence-electron chi connectivity index (χ2n) is 4.07. The molecule has 0 fully saturated rings. The van der Waals surface area contributed by atoms with Crippen LogP contribution < -0.4 is 5.32 Å². The number of hydrogen-bond donors (Lipinski definition) is 1. The summed E-state index contributed by atoms with van der Waals surface area (Å²) in [5.74, 6) is 0. The van der Waals surface area contributed by atoms with Crippen molar-refractivity contribution in [2.75, 3.05) is 13.1 Å². The molecule has 1 N–H and O–H groups in total. The SMILES string of the molecule is CC(C)(CNCCC#N)c1ccc(Br)s1. The lowest BCUT2D eigenvalue weighted by molar-refractivity contribution is 0.481. The Kier molecular flexibility index (Phi) is 4.78. The van der Waals surface area contributed by atoms with Crippen LogP contribution in [0.3, 0.4) is 0 Å². The lowest BCUT2D eigenvalue weighted by atomic mass is 9.91. The molecule has 0 radical (unpaired) electrons. The Morgan fingerprint density at radius 3 is 2.80 bits per heavy atom. The molecule has 15 heavy (non-hydrogen) atoms. The van der Waals surface area contributed by atoms with Crippen LogP contribution in [-0.4, -0.2) is 13.1 Å². The van der Waals surface area contributed by atoms with E-state index in [0.29, 0.717) is 6.42 Å². The van der Waals surface area contributed by atoms with Gasteiger partial charge in [0.25, 0.3) is 0 Å². The molecule has 82 valence electrons. The molecular weight excluding hydrogens is 272 g/mol. The van der Waals surface area contributed by atoms with Crippen LogP contribution in [0.5, 0.6) is 0 Å². The van der Waals surface area contributed by atoms with E-state index in [4.69, 9.17) is 5.26 Å². The molecule has 0 aliphatic rings. The highest BCUT2D eigenvalue weighted by Crippen LogP contribution is 2.32. The Morgan fingerprint density at radius 1 is 1.53 bits per heavy atom. The van der Waals surface area contributed by atoms with Crippen LogP contribution in [0.4, 0.5) is 0 Å². The predicted octanol–water partition coefficient (Wildman–Crippen LogP) is 3.29. The Balaban J connectivity index is 2.48. The van der Waals surface area contributed by atoms with Gasteiger partial charge in [0.1, 0.15) is 0 Å². The zero-order valence-corrected chi connectivity index (χ0v) is 11.4. The Bertz CT molecular complexity index is 352. The number of nitrogens with zero attached hydrogens (tertiary/aromatic N) is 1. The third-order valence-electron chi connectivity index (χ3n) is 2.22. The first kappa shape index (κ1) is 12.7. The standard InChI is InChI=1S/C11H15BrN2S/c1-11(2,8-14-7-3-6-13)9-4-5-10(12)15-9/h4-5,14H,3,7-8H2,1-2H3. The molecule has 0 unspecified atom stereocenters. The Hall–Kier alpha value is -0.370. The number of thiophene rings is 1. The summed E-state index contributed by atoms with van der Waals surface area (Å²) < 4.78 is 1.17. The van der Waals surface area contributed by atoms with Crippen molar-refractivity contribution in [2.24, 2.45) is 0 Å². The van der Waals surface area contributed by atoms with Crippen molar-refractivity contribution in [2.45, 2.75) is 25.7 Å². The van der Waals surface area contributed by atoms with Gasteiger partial charge in [0, 0.05) is 29.8 Å². The molecule has 0 saturated heterocycles. The molecule has 2 nitrogen and oxygen atoms in total. The fourth-order valence-electron chi connectivity index (χ4n) is 1.31. The van der Waals surface area contributed by atoms with Gasteiger partial charge in [0.2, 0.25) is 0 Å². The van der Waals surface area contributed by atoms with Gasteiger partial charge in [-0.3, -0.25) is 0 Å². The maximum Gasteiger partial charge on any atom is 0.0701 e. The molecule has 0 atom stereocenters.